The van der Waals surface area contributed by atoms with E-state index in [4.69, 9.17) is 4.74 Å². The molecule has 0 spiro atoms. The summed E-state index contributed by atoms with van der Waals surface area (Å²) in [5, 5.41) is 5.75. The Balaban J connectivity index is 1.98. The molecule has 6 heteroatoms. The summed E-state index contributed by atoms with van der Waals surface area (Å²) in [4.78, 5) is 19.9. The third-order valence-corrected chi connectivity index (χ3v) is 2.73. The SMILES string of the molecule is C=CCNC(=O)c1cnc(Nc2ccc(OCC)cc2)cn1. The van der Waals surface area contributed by atoms with Crippen LogP contribution in [-0.4, -0.2) is 29.0 Å². The molecule has 0 radical (unpaired) electrons. The first-order valence-electron chi connectivity index (χ1n) is 6.94. The third-order valence-electron chi connectivity index (χ3n) is 2.73. The molecule has 2 aromatic rings. The van der Waals surface area contributed by atoms with Gasteiger partial charge in [-0.3, -0.25) is 4.79 Å². The molecule has 0 fully saturated rings. The molecule has 0 aliphatic heterocycles. The predicted octanol–water partition coefficient (Wildman–Crippen LogP) is 2.53. The van der Waals surface area contributed by atoms with Gasteiger partial charge < -0.3 is 15.4 Å². The highest BCUT2D eigenvalue weighted by Gasteiger charge is 2.06. The van der Waals surface area contributed by atoms with E-state index in [-0.39, 0.29) is 11.6 Å². The zero-order valence-electron chi connectivity index (χ0n) is 12.4. The van der Waals surface area contributed by atoms with Gasteiger partial charge in [0.05, 0.1) is 19.0 Å². The molecular formula is C16H18N4O2. The summed E-state index contributed by atoms with van der Waals surface area (Å²) in [6, 6.07) is 7.52. The van der Waals surface area contributed by atoms with E-state index in [2.05, 4.69) is 27.2 Å². The number of carbonyl (C=O) groups is 1. The minimum absolute atomic E-state index is 0.263. The first-order chi connectivity index (χ1) is 10.7. The zero-order valence-corrected chi connectivity index (χ0v) is 12.4. The van der Waals surface area contributed by atoms with Crippen LogP contribution in [0.25, 0.3) is 0 Å². The molecule has 0 saturated carbocycles. The highest BCUT2D eigenvalue weighted by molar-refractivity contribution is 5.92. The molecule has 0 atom stereocenters. The van der Waals surface area contributed by atoms with Crippen LogP contribution in [0.2, 0.25) is 0 Å². The number of anilines is 2. The molecule has 0 unspecified atom stereocenters. The van der Waals surface area contributed by atoms with Crippen molar-refractivity contribution in [3.05, 3.63) is 55.0 Å². The fraction of sp³-hybridized carbons (Fsp3) is 0.188. The molecule has 1 heterocycles. The van der Waals surface area contributed by atoms with Crippen LogP contribution in [-0.2, 0) is 0 Å². The van der Waals surface area contributed by atoms with Crippen molar-refractivity contribution in [3.63, 3.8) is 0 Å². The standard InChI is InChI=1S/C16H18N4O2/c1-3-9-17-16(21)14-10-19-15(11-18-14)20-12-5-7-13(8-6-12)22-4-2/h3,5-8,10-11H,1,4,9H2,2H3,(H,17,21)(H,19,20). The van der Waals surface area contributed by atoms with Gasteiger partial charge in [0.25, 0.3) is 5.91 Å². The molecule has 2 N–H and O–H groups in total. The van der Waals surface area contributed by atoms with Gasteiger partial charge in [-0.25, -0.2) is 9.97 Å². The first-order valence-corrected chi connectivity index (χ1v) is 6.94. The van der Waals surface area contributed by atoms with Crippen molar-refractivity contribution in [1.82, 2.24) is 15.3 Å². The number of aromatic nitrogens is 2. The second-order valence-electron chi connectivity index (χ2n) is 4.37. The van der Waals surface area contributed by atoms with Gasteiger partial charge >= 0.3 is 0 Å². The van der Waals surface area contributed by atoms with Crippen LogP contribution in [0.4, 0.5) is 11.5 Å². The highest BCUT2D eigenvalue weighted by Crippen LogP contribution is 2.18. The molecule has 114 valence electrons. The van der Waals surface area contributed by atoms with E-state index >= 15 is 0 Å². The number of nitrogens with one attached hydrogen (secondary N) is 2. The Hall–Kier alpha value is -2.89. The number of nitrogens with zero attached hydrogens (tertiary/aromatic N) is 2. The van der Waals surface area contributed by atoms with E-state index in [0.717, 1.165) is 11.4 Å². The predicted molar refractivity (Wildman–Crippen MR) is 85.5 cm³/mol. The van der Waals surface area contributed by atoms with Gasteiger partial charge in [0.15, 0.2) is 0 Å². The number of ether oxygens (including phenoxy) is 1. The monoisotopic (exact) mass is 298 g/mol. The Morgan fingerprint density at radius 3 is 2.64 bits per heavy atom. The Morgan fingerprint density at radius 1 is 1.27 bits per heavy atom. The fourth-order valence-electron chi connectivity index (χ4n) is 1.71. The summed E-state index contributed by atoms with van der Waals surface area (Å²) in [7, 11) is 0. The largest absolute Gasteiger partial charge is 0.494 e. The number of rotatable bonds is 7. The first kappa shape index (κ1) is 15.5. The summed E-state index contributed by atoms with van der Waals surface area (Å²) in [6.45, 7) is 6.50. The molecule has 22 heavy (non-hydrogen) atoms. The zero-order chi connectivity index (χ0) is 15.8. The van der Waals surface area contributed by atoms with E-state index in [1.807, 2.05) is 31.2 Å². The Labute approximate surface area is 129 Å². The lowest BCUT2D eigenvalue weighted by Gasteiger charge is -2.07. The highest BCUT2D eigenvalue weighted by atomic mass is 16.5. The van der Waals surface area contributed by atoms with Crippen molar-refractivity contribution in [2.45, 2.75) is 6.92 Å². The topological polar surface area (TPSA) is 76.1 Å². The smallest absolute Gasteiger partial charge is 0.271 e. The summed E-state index contributed by atoms with van der Waals surface area (Å²) in [5.74, 6) is 1.10. The molecule has 2 rings (SSSR count). The molecule has 0 bridgehead atoms. The van der Waals surface area contributed by atoms with Gasteiger partial charge in [-0.1, -0.05) is 6.08 Å². The van der Waals surface area contributed by atoms with Crippen LogP contribution in [0.1, 0.15) is 17.4 Å². The third kappa shape index (κ3) is 4.31. The van der Waals surface area contributed by atoms with Gasteiger partial charge in [0.2, 0.25) is 0 Å². The van der Waals surface area contributed by atoms with E-state index in [9.17, 15) is 4.79 Å². The molecule has 0 aliphatic carbocycles. The molecule has 0 aliphatic rings. The minimum Gasteiger partial charge on any atom is -0.494 e. The van der Waals surface area contributed by atoms with Crippen LogP contribution in [0.15, 0.2) is 49.3 Å². The van der Waals surface area contributed by atoms with Gasteiger partial charge in [-0.05, 0) is 31.2 Å². The van der Waals surface area contributed by atoms with Crippen LogP contribution in [0.3, 0.4) is 0 Å². The maximum absolute atomic E-state index is 11.7. The van der Waals surface area contributed by atoms with Gasteiger partial charge in [0, 0.05) is 12.2 Å². The second kappa shape index (κ2) is 7.78. The number of carbonyl (C=O) groups excluding carboxylic acids is 1. The number of hydrogen-bond donors (Lipinski definition) is 2. The van der Waals surface area contributed by atoms with Crippen LogP contribution < -0.4 is 15.4 Å². The van der Waals surface area contributed by atoms with Crippen molar-refractivity contribution in [3.8, 4) is 5.75 Å². The van der Waals surface area contributed by atoms with E-state index in [1.54, 1.807) is 6.08 Å². The van der Waals surface area contributed by atoms with Crippen molar-refractivity contribution in [2.75, 3.05) is 18.5 Å². The van der Waals surface area contributed by atoms with Crippen molar-refractivity contribution >= 4 is 17.4 Å². The van der Waals surface area contributed by atoms with Crippen molar-refractivity contribution in [2.24, 2.45) is 0 Å². The number of hydrogen-bond acceptors (Lipinski definition) is 5. The minimum atomic E-state index is -0.278. The molecular weight excluding hydrogens is 280 g/mol. The normalized spacial score (nSPS) is 9.86. The lowest BCUT2D eigenvalue weighted by molar-refractivity contribution is 0.0952. The number of benzene rings is 1. The van der Waals surface area contributed by atoms with Crippen LogP contribution in [0.5, 0.6) is 5.75 Å². The summed E-state index contributed by atoms with van der Waals surface area (Å²) in [5.41, 5.74) is 1.13. The molecule has 1 aromatic carbocycles. The van der Waals surface area contributed by atoms with Gasteiger partial charge in [-0.15, -0.1) is 6.58 Å². The molecule has 1 amide bonds. The molecule has 1 aromatic heterocycles. The summed E-state index contributed by atoms with van der Waals surface area (Å²) < 4.78 is 5.38. The van der Waals surface area contributed by atoms with Gasteiger partial charge in [0.1, 0.15) is 17.3 Å². The summed E-state index contributed by atoms with van der Waals surface area (Å²) >= 11 is 0. The maximum Gasteiger partial charge on any atom is 0.271 e. The Kier molecular flexibility index (Phi) is 5.48. The average molecular weight is 298 g/mol. The Bertz CT molecular complexity index is 624. The second-order valence-corrected chi connectivity index (χ2v) is 4.37. The van der Waals surface area contributed by atoms with E-state index in [1.165, 1.54) is 12.4 Å². The molecule has 0 saturated heterocycles. The quantitative estimate of drug-likeness (QED) is 0.768. The van der Waals surface area contributed by atoms with Crippen molar-refractivity contribution in [1.29, 1.82) is 0 Å². The van der Waals surface area contributed by atoms with Gasteiger partial charge in [-0.2, -0.15) is 0 Å². The van der Waals surface area contributed by atoms with E-state index in [0.29, 0.717) is 19.0 Å². The van der Waals surface area contributed by atoms with E-state index < -0.39 is 0 Å². The van der Waals surface area contributed by atoms with Crippen LogP contribution in [0, 0.1) is 0 Å². The Morgan fingerprint density at radius 2 is 2.05 bits per heavy atom. The fourth-order valence-corrected chi connectivity index (χ4v) is 1.71. The number of amides is 1. The lowest BCUT2D eigenvalue weighted by Crippen LogP contribution is -2.24. The molecule has 6 nitrogen and oxygen atoms in total. The maximum atomic E-state index is 11.7. The van der Waals surface area contributed by atoms with Crippen molar-refractivity contribution < 1.29 is 9.53 Å². The lowest BCUT2D eigenvalue weighted by atomic mass is 10.3. The summed E-state index contributed by atoms with van der Waals surface area (Å²) in [6.07, 6.45) is 4.54. The average Bonchev–Trinajstić information content (AvgIpc) is 2.55. The van der Waals surface area contributed by atoms with Crippen LogP contribution >= 0.6 is 0 Å².